The molecule has 0 atom stereocenters. The van der Waals surface area contributed by atoms with Crippen molar-refractivity contribution < 1.29 is 9.53 Å². The molecule has 21 heavy (non-hydrogen) atoms. The first-order valence-electron chi connectivity index (χ1n) is 8.04. The first-order valence-corrected chi connectivity index (χ1v) is 10.9. The second-order valence-corrected chi connectivity index (χ2v) is 12.5. The molecule has 1 aromatic heterocycles. The van der Waals surface area contributed by atoms with E-state index in [-0.39, 0.29) is 11.6 Å². The van der Waals surface area contributed by atoms with E-state index in [0.29, 0.717) is 12.1 Å². The molecule has 0 amide bonds. The minimum atomic E-state index is -1.65. The summed E-state index contributed by atoms with van der Waals surface area (Å²) in [6.45, 7) is 11.6. The van der Waals surface area contributed by atoms with Gasteiger partial charge in [0.05, 0.1) is 18.6 Å². The van der Waals surface area contributed by atoms with Gasteiger partial charge < -0.3 is 14.1 Å². The van der Waals surface area contributed by atoms with E-state index < -0.39 is 8.32 Å². The average Bonchev–Trinajstić information content (AvgIpc) is 2.86. The van der Waals surface area contributed by atoms with Crippen molar-refractivity contribution in [3.8, 4) is 0 Å². The number of hydrogen-bond acceptors (Lipinski definition) is 3. The number of aliphatic hydroxyl groups is 1. The highest BCUT2D eigenvalue weighted by Gasteiger charge is 2.39. The van der Waals surface area contributed by atoms with Crippen LogP contribution in [0.1, 0.15) is 58.2 Å². The lowest BCUT2D eigenvalue weighted by Crippen LogP contribution is -2.44. The standard InChI is InChI=1S/C16H30N2O2Si/c1-16(2,3)21(4,5)20-15-8-6-14(7-9-15)18-10-13(11-19)17-12-18/h10,12,14-15,19H,6-9,11H2,1-5H3/t14-,15-. The van der Waals surface area contributed by atoms with E-state index in [1.165, 1.54) is 0 Å². The lowest BCUT2D eigenvalue weighted by molar-refractivity contribution is 0.118. The van der Waals surface area contributed by atoms with Crippen LogP contribution in [0.15, 0.2) is 12.5 Å². The number of aliphatic hydroxyl groups excluding tert-OH is 1. The number of rotatable bonds is 4. The smallest absolute Gasteiger partial charge is 0.192 e. The highest BCUT2D eigenvalue weighted by molar-refractivity contribution is 6.74. The molecule has 1 N–H and O–H groups in total. The first-order chi connectivity index (χ1) is 9.73. The van der Waals surface area contributed by atoms with Crippen molar-refractivity contribution in [2.75, 3.05) is 0 Å². The van der Waals surface area contributed by atoms with Crippen LogP contribution in [0.2, 0.25) is 18.1 Å². The zero-order chi connectivity index (χ0) is 15.7. The third kappa shape index (κ3) is 3.96. The summed E-state index contributed by atoms with van der Waals surface area (Å²) in [4.78, 5) is 4.21. The van der Waals surface area contributed by atoms with E-state index in [9.17, 15) is 0 Å². The molecule has 1 heterocycles. The fraction of sp³-hybridized carbons (Fsp3) is 0.812. The van der Waals surface area contributed by atoms with Crippen LogP contribution < -0.4 is 0 Å². The molecule has 0 spiro atoms. The Kier molecular flexibility index (Phi) is 4.95. The van der Waals surface area contributed by atoms with Crippen LogP contribution in [0.5, 0.6) is 0 Å². The van der Waals surface area contributed by atoms with Gasteiger partial charge in [0.15, 0.2) is 8.32 Å². The molecule has 1 fully saturated rings. The van der Waals surface area contributed by atoms with Crippen LogP contribution >= 0.6 is 0 Å². The Labute approximate surface area is 129 Å². The van der Waals surface area contributed by atoms with Crippen LogP contribution in [-0.4, -0.2) is 29.1 Å². The van der Waals surface area contributed by atoms with Crippen LogP contribution in [0.3, 0.4) is 0 Å². The quantitative estimate of drug-likeness (QED) is 0.859. The fourth-order valence-electron chi connectivity index (χ4n) is 2.72. The maximum atomic E-state index is 9.10. The molecule has 0 unspecified atom stereocenters. The molecule has 1 aliphatic rings. The largest absolute Gasteiger partial charge is 0.414 e. The zero-order valence-corrected chi connectivity index (χ0v) is 15.1. The number of aromatic nitrogens is 2. The summed E-state index contributed by atoms with van der Waals surface area (Å²) < 4.78 is 8.69. The molecular weight excluding hydrogens is 280 g/mol. The van der Waals surface area contributed by atoms with Crippen molar-refractivity contribution in [2.45, 2.75) is 83.3 Å². The predicted molar refractivity (Wildman–Crippen MR) is 87.7 cm³/mol. The summed E-state index contributed by atoms with van der Waals surface area (Å²) in [5, 5.41) is 9.39. The number of hydrogen-bond donors (Lipinski definition) is 1. The van der Waals surface area contributed by atoms with Gasteiger partial charge in [-0.2, -0.15) is 0 Å². The lowest BCUT2D eigenvalue weighted by Gasteiger charge is -2.41. The van der Waals surface area contributed by atoms with E-state index in [4.69, 9.17) is 9.53 Å². The normalized spacial score (nSPS) is 24.3. The van der Waals surface area contributed by atoms with Crippen molar-refractivity contribution in [2.24, 2.45) is 0 Å². The summed E-state index contributed by atoms with van der Waals surface area (Å²) in [7, 11) is -1.65. The molecule has 0 radical (unpaired) electrons. The third-order valence-corrected chi connectivity index (χ3v) is 9.68. The Balaban J connectivity index is 1.89. The monoisotopic (exact) mass is 310 g/mol. The van der Waals surface area contributed by atoms with Gasteiger partial charge in [0.2, 0.25) is 0 Å². The summed E-state index contributed by atoms with van der Waals surface area (Å²) in [6, 6.07) is 0.511. The molecule has 0 bridgehead atoms. The summed E-state index contributed by atoms with van der Waals surface area (Å²) >= 11 is 0. The van der Waals surface area contributed by atoms with Crippen molar-refractivity contribution >= 4 is 8.32 Å². The molecule has 1 aromatic rings. The second-order valence-electron chi connectivity index (χ2n) is 7.78. The van der Waals surface area contributed by atoms with Gasteiger partial charge >= 0.3 is 0 Å². The van der Waals surface area contributed by atoms with Gasteiger partial charge in [-0.3, -0.25) is 0 Å². The van der Waals surface area contributed by atoms with Gasteiger partial charge in [-0.15, -0.1) is 0 Å². The minimum absolute atomic E-state index is 0.0246. The maximum absolute atomic E-state index is 9.10. The van der Waals surface area contributed by atoms with Gasteiger partial charge in [0.25, 0.3) is 0 Å². The minimum Gasteiger partial charge on any atom is -0.414 e. The zero-order valence-electron chi connectivity index (χ0n) is 14.1. The van der Waals surface area contributed by atoms with E-state index >= 15 is 0 Å². The van der Waals surface area contributed by atoms with Crippen molar-refractivity contribution in [3.05, 3.63) is 18.2 Å². The van der Waals surface area contributed by atoms with Crippen LogP contribution in [0.25, 0.3) is 0 Å². The van der Waals surface area contributed by atoms with Gasteiger partial charge in [0, 0.05) is 18.3 Å². The lowest BCUT2D eigenvalue weighted by atomic mass is 9.93. The Hall–Kier alpha value is -0.653. The number of imidazole rings is 1. The van der Waals surface area contributed by atoms with Crippen molar-refractivity contribution in [1.82, 2.24) is 9.55 Å². The highest BCUT2D eigenvalue weighted by atomic mass is 28.4. The highest BCUT2D eigenvalue weighted by Crippen LogP contribution is 2.40. The second kappa shape index (κ2) is 6.22. The molecule has 0 saturated heterocycles. The molecule has 2 rings (SSSR count). The van der Waals surface area contributed by atoms with Gasteiger partial charge in [-0.1, -0.05) is 20.8 Å². The summed E-state index contributed by atoms with van der Waals surface area (Å²) in [5.74, 6) is 0. The van der Waals surface area contributed by atoms with Crippen LogP contribution in [-0.2, 0) is 11.0 Å². The molecule has 1 saturated carbocycles. The molecule has 1 aliphatic carbocycles. The molecule has 4 nitrogen and oxygen atoms in total. The first kappa shape index (κ1) is 16.7. The van der Waals surface area contributed by atoms with E-state index in [0.717, 1.165) is 31.4 Å². The van der Waals surface area contributed by atoms with E-state index in [1.807, 2.05) is 12.5 Å². The van der Waals surface area contributed by atoms with Crippen molar-refractivity contribution in [1.29, 1.82) is 0 Å². The predicted octanol–water partition coefficient (Wildman–Crippen LogP) is 3.88. The Morgan fingerprint density at radius 2 is 1.90 bits per heavy atom. The van der Waals surface area contributed by atoms with Gasteiger partial charge in [-0.05, 0) is 43.8 Å². The van der Waals surface area contributed by atoms with Crippen LogP contribution in [0, 0.1) is 0 Å². The van der Waals surface area contributed by atoms with Gasteiger partial charge in [0.1, 0.15) is 0 Å². The van der Waals surface area contributed by atoms with Crippen LogP contribution in [0.4, 0.5) is 0 Å². The third-order valence-electron chi connectivity index (χ3n) is 5.15. The van der Waals surface area contributed by atoms with Gasteiger partial charge in [-0.25, -0.2) is 4.98 Å². The molecular formula is C16H30N2O2Si. The number of nitrogens with zero attached hydrogens (tertiary/aromatic N) is 2. The average molecular weight is 311 g/mol. The SMILES string of the molecule is CC(C)(C)[Si](C)(C)O[C@H]1CC[C@H](n2cnc(CO)c2)CC1. The fourth-order valence-corrected chi connectivity index (χ4v) is 4.14. The Morgan fingerprint density at radius 3 is 2.38 bits per heavy atom. The molecule has 0 aromatic carbocycles. The van der Waals surface area contributed by atoms with E-state index in [1.54, 1.807) is 0 Å². The summed E-state index contributed by atoms with van der Waals surface area (Å²) in [6.07, 6.45) is 8.78. The maximum Gasteiger partial charge on any atom is 0.192 e. The Morgan fingerprint density at radius 1 is 1.29 bits per heavy atom. The van der Waals surface area contributed by atoms with Crippen molar-refractivity contribution in [3.63, 3.8) is 0 Å². The molecule has 5 heteroatoms. The molecule has 0 aliphatic heterocycles. The van der Waals surface area contributed by atoms with E-state index in [2.05, 4.69) is 43.4 Å². The Bertz CT molecular complexity index is 457. The topological polar surface area (TPSA) is 47.3 Å². The summed E-state index contributed by atoms with van der Waals surface area (Å²) in [5.41, 5.74) is 0.759. The molecule has 120 valence electrons.